The smallest absolute Gasteiger partial charge is 0.315 e. The molecule has 1 saturated heterocycles. The molecule has 1 saturated carbocycles. The predicted molar refractivity (Wildman–Crippen MR) is 89.3 cm³/mol. The quantitative estimate of drug-likeness (QED) is 0.898. The molecular weight excluding hydrogens is 288 g/mol. The molecule has 1 aromatic rings. The lowest BCUT2D eigenvalue weighted by atomic mass is 10.0. The Balaban J connectivity index is 1.25. The molecular formula is C19H26N2O2. The first-order chi connectivity index (χ1) is 11.3. The Hall–Kier alpha value is -1.55. The molecule has 0 aromatic heterocycles. The number of carbonyl (C=O) groups is 1. The van der Waals surface area contributed by atoms with E-state index in [-0.39, 0.29) is 12.1 Å². The lowest BCUT2D eigenvalue weighted by molar-refractivity contribution is -0.00914. The summed E-state index contributed by atoms with van der Waals surface area (Å²) in [5.74, 6) is 0.745. The van der Waals surface area contributed by atoms with Gasteiger partial charge in [-0.05, 0) is 67.6 Å². The minimum atomic E-state index is -0.0491. The highest BCUT2D eigenvalue weighted by Crippen LogP contribution is 2.38. The van der Waals surface area contributed by atoms with Crippen LogP contribution in [0.4, 0.5) is 4.79 Å². The molecule has 2 amide bonds. The standard InChI is InChI=1S/C19H26N2O2/c22-19(21-17-8-9-23-18(11-17)15-6-7-15)20-12-13-4-5-14-2-1-3-16(14)10-13/h4-5,10,15,17-18H,1-3,6-9,11-12H2,(H2,20,21,22)/t17-,18-/m0/s1. The van der Waals surface area contributed by atoms with Crippen LogP contribution in [0.5, 0.6) is 0 Å². The molecule has 1 aromatic carbocycles. The second-order valence-electron chi connectivity index (χ2n) is 7.25. The number of urea groups is 1. The zero-order valence-corrected chi connectivity index (χ0v) is 13.6. The maximum atomic E-state index is 12.1. The van der Waals surface area contributed by atoms with Crippen molar-refractivity contribution in [1.82, 2.24) is 10.6 Å². The third-order valence-electron chi connectivity index (χ3n) is 5.41. The molecule has 0 unspecified atom stereocenters. The third-order valence-corrected chi connectivity index (χ3v) is 5.41. The second-order valence-corrected chi connectivity index (χ2v) is 7.25. The zero-order chi connectivity index (χ0) is 15.6. The minimum Gasteiger partial charge on any atom is -0.378 e. The normalized spacial score (nSPS) is 26.6. The summed E-state index contributed by atoms with van der Waals surface area (Å²) < 4.78 is 5.81. The van der Waals surface area contributed by atoms with Crippen LogP contribution in [0.3, 0.4) is 0 Å². The molecule has 2 N–H and O–H groups in total. The molecule has 2 atom stereocenters. The average Bonchev–Trinajstić information content (AvgIpc) is 3.31. The summed E-state index contributed by atoms with van der Waals surface area (Å²) in [5, 5.41) is 6.13. The Morgan fingerprint density at radius 1 is 1.17 bits per heavy atom. The molecule has 0 radical (unpaired) electrons. The predicted octanol–water partition coefficient (Wildman–Crippen LogP) is 2.93. The first-order valence-corrected chi connectivity index (χ1v) is 9.04. The fourth-order valence-electron chi connectivity index (χ4n) is 3.91. The van der Waals surface area contributed by atoms with E-state index in [1.165, 1.54) is 48.8 Å². The Labute approximate surface area is 138 Å². The number of rotatable bonds is 4. The largest absolute Gasteiger partial charge is 0.378 e. The van der Waals surface area contributed by atoms with Crippen molar-refractivity contribution in [3.05, 3.63) is 34.9 Å². The summed E-state index contributed by atoms with van der Waals surface area (Å²) in [6.07, 6.45) is 8.50. The molecule has 4 rings (SSSR count). The summed E-state index contributed by atoms with van der Waals surface area (Å²) in [6, 6.07) is 6.82. The molecule has 23 heavy (non-hydrogen) atoms. The Bertz CT molecular complexity index is 583. The number of nitrogens with one attached hydrogen (secondary N) is 2. The number of amides is 2. The van der Waals surface area contributed by atoms with E-state index in [0.717, 1.165) is 25.4 Å². The summed E-state index contributed by atoms with van der Waals surface area (Å²) in [7, 11) is 0. The fourth-order valence-corrected chi connectivity index (χ4v) is 3.91. The number of hydrogen-bond acceptors (Lipinski definition) is 2. The zero-order valence-electron chi connectivity index (χ0n) is 13.6. The van der Waals surface area contributed by atoms with Crippen LogP contribution < -0.4 is 10.6 Å². The van der Waals surface area contributed by atoms with Crippen molar-refractivity contribution in [3.8, 4) is 0 Å². The molecule has 124 valence electrons. The van der Waals surface area contributed by atoms with E-state index in [4.69, 9.17) is 4.74 Å². The lowest BCUT2D eigenvalue weighted by Crippen LogP contribution is -2.46. The number of ether oxygens (including phenoxy) is 1. The van der Waals surface area contributed by atoms with E-state index >= 15 is 0 Å². The third kappa shape index (κ3) is 3.69. The van der Waals surface area contributed by atoms with E-state index in [0.29, 0.717) is 12.6 Å². The summed E-state index contributed by atoms with van der Waals surface area (Å²) in [5.41, 5.74) is 4.14. The number of benzene rings is 1. The van der Waals surface area contributed by atoms with Crippen LogP contribution in [0.15, 0.2) is 18.2 Å². The SMILES string of the molecule is O=C(NCc1ccc2c(c1)CCC2)N[C@H]1CCO[C@H](C2CC2)C1. The van der Waals surface area contributed by atoms with Crippen LogP contribution in [0.25, 0.3) is 0 Å². The fraction of sp³-hybridized carbons (Fsp3) is 0.632. The summed E-state index contributed by atoms with van der Waals surface area (Å²) in [6.45, 7) is 1.38. The van der Waals surface area contributed by atoms with E-state index in [2.05, 4.69) is 28.8 Å². The topological polar surface area (TPSA) is 50.4 Å². The minimum absolute atomic E-state index is 0.0491. The van der Waals surface area contributed by atoms with Gasteiger partial charge < -0.3 is 15.4 Å². The van der Waals surface area contributed by atoms with Crippen molar-refractivity contribution in [3.63, 3.8) is 0 Å². The van der Waals surface area contributed by atoms with Gasteiger partial charge in [0.05, 0.1) is 6.10 Å². The number of fused-ring (bicyclic) bond motifs is 1. The van der Waals surface area contributed by atoms with Gasteiger partial charge in [0.25, 0.3) is 0 Å². The lowest BCUT2D eigenvalue weighted by Gasteiger charge is -2.30. The Morgan fingerprint density at radius 2 is 2.04 bits per heavy atom. The average molecular weight is 314 g/mol. The van der Waals surface area contributed by atoms with Crippen molar-refractivity contribution in [2.24, 2.45) is 5.92 Å². The van der Waals surface area contributed by atoms with E-state index in [1.807, 2.05) is 0 Å². The Morgan fingerprint density at radius 3 is 2.91 bits per heavy atom. The van der Waals surface area contributed by atoms with Crippen molar-refractivity contribution >= 4 is 6.03 Å². The van der Waals surface area contributed by atoms with Gasteiger partial charge in [-0.25, -0.2) is 4.79 Å². The molecule has 4 heteroatoms. The highest BCUT2D eigenvalue weighted by molar-refractivity contribution is 5.74. The van der Waals surface area contributed by atoms with Crippen LogP contribution in [-0.4, -0.2) is 24.8 Å². The van der Waals surface area contributed by atoms with E-state index < -0.39 is 0 Å². The second kappa shape index (κ2) is 6.52. The summed E-state index contributed by atoms with van der Waals surface area (Å²) in [4.78, 5) is 12.1. The maximum absolute atomic E-state index is 12.1. The number of hydrogen-bond donors (Lipinski definition) is 2. The van der Waals surface area contributed by atoms with Crippen molar-refractivity contribution in [1.29, 1.82) is 0 Å². The molecule has 3 aliphatic rings. The van der Waals surface area contributed by atoms with E-state index in [9.17, 15) is 4.79 Å². The van der Waals surface area contributed by atoms with E-state index in [1.54, 1.807) is 0 Å². The van der Waals surface area contributed by atoms with Crippen LogP contribution in [0.1, 0.15) is 48.8 Å². The van der Waals surface area contributed by atoms with Crippen molar-refractivity contribution < 1.29 is 9.53 Å². The molecule has 2 aliphatic carbocycles. The van der Waals surface area contributed by atoms with Gasteiger partial charge in [0.15, 0.2) is 0 Å². The van der Waals surface area contributed by atoms with Crippen LogP contribution >= 0.6 is 0 Å². The summed E-state index contributed by atoms with van der Waals surface area (Å²) >= 11 is 0. The van der Waals surface area contributed by atoms with Crippen LogP contribution in [0.2, 0.25) is 0 Å². The van der Waals surface area contributed by atoms with Gasteiger partial charge in [-0.15, -0.1) is 0 Å². The first kappa shape index (κ1) is 15.0. The van der Waals surface area contributed by atoms with Crippen LogP contribution in [-0.2, 0) is 24.1 Å². The van der Waals surface area contributed by atoms with Crippen LogP contribution in [0, 0.1) is 5.92 Å². The monoisotopic (exact) mass is 314 g/mol. The Kier molecular flexibility index (Phi) is 4.25. The molecule has 0 bridgehead atoms. The van der Waals surface area contributed by atoms with Gasteiger partial charge in [-0.1, -0.05) is 18.2 Å². The highest BCUT2D eigenvalue weighted by atomic mass is 16.5. The molecule has 2 fully saturated rings. The maximum Gasteiger partial charge on any atom is 0.315 e. The molecule has 1 heterocycles. The van der Waals surface area contributed by atoms with Gasteiger partial charge in [0.2, 0.25) is 0 Å². The van der Waals surface area contributed by atoms with Gasteiger partial charge >= 0.3 is 6.03 Å². The first-order valence-electron chi connectivity index (χ1n) is 9.04. The molecule has 1 aliphatic heterocycles. The van der Waals surface area contributed by atoms with Crippen molar-refractivity contribution in [2.75, 3.05) is 6.61 Å². The van der Waals surface area contributed by atoms with Gasteiger partial charge in [-0.2, -0.15) is 0 Å². The number of aryl methyl sites for hydroxylation is 2. The van der Waals surface area contributed by atoms with Gasteiger partial charge in [0.1, 0.15) is 0 Å². The number of carbonyl (C=O) groups excluding carboxylic acids is 1. The molecule has 4 nitrogen and oxygen atoms in total. The van der Waals surface area contributed by atoms with Crippen molar-refractivity contribution in [2.45, 2.75) is 63.6 Å². The van der Waals surface area contributed by atoms with Gasteiger partial charge in [0, 0.05) is 19.2 Å². The highest BCUT2D eigenvalue weighted by Gasteiger charge is 2.36. The molecule has 0 spiro atoms. The van der Waals surface area contributed by atoms with Gasteiger partial charge in [-0.3, -0.25) is 0 Å².